The van der Waals surface area contributed by atoms with E-state index in [0.29, 0.717) is 13.0 Å². The maximum absolute atomic E-state index is 12.1. The molecular weight excluding hydrogens is 336 g/mol. The molecule has 4 aromatic rings. The Morgan fingerprint density at radius 2 is 2.07 bits per heavy atom. The van der Waals surface area contributed by atoms with Crippen LogP contribution in [-0.4, -0.2) is 21.7 Å². The summed E-state index contributed by atoms with van der Waals surface area (Å²) in [6, 6.07) is 18.0. The highest BCUT2D eigenvalue weighted by atomic mass is 16.2. The number of para-hydroxylation sites is 1. The van der Waals surface area contributed by atoms with E-state index in [1.165, 1.54) is 10.9 Å². The van der Waals surface area contributed by atoms with Gasteiger partial charge in [0.05, 0.1) is 11.7 Å². The van der Waals surface area contributed by atoms with Crippen molar-refractivity contribution in [2.45, 2.75) is 19.9 Å². The van der Waals surface area contributed by atoms with Crippen LogP contribution in [0.15, 0.2) is 72.1 Å². The molecule has 2 aromatic heterocycles. The molecule has 0 aliphatic carbocycles. The highest BCUT2D eigenvalue weighted by Gasteiger charge is 2.06. The molecule has 5 heteroatoms. The van der Waals surface area contributed by atoms with Gasteiger partial charge >= 0.3 is 0 Å². The Kier molecular flexibility index (Phi) is 4.66. The van der Waals surface area contributed by atoms with Gasteiger partial charge in [-0.2, -0.15) is 5.10 Å². The molecule has 0 spiro atoms. The number of amides is 1. The number of aromatic nitrogens is 2. The van der Waals surface area contributed by atoms with Crippen molar-refractivity contribution in [3.05, 3.63) is 78.1 Å². The van der Waals surface area contributed by atoms with Crippen LogP contribution in [0.3, 0.4) is 0 Å². The summed E-state index contributed by atoms with van der Waals surface area (Å²) in [5, 5.41) is 6.34. The van der Waals surface area contributed by atoms with Crippen molar-refractivity contribution in [2.75, 3.05) is 0 Å². The fraction of sp³-hybridized carbons (Fsp3) is 0.136. The molecule has 1 amide bonds. The van der Waals surface area contributed by atoms with E-state index >= 15 is 0 Å². The van der Waals surface area contributed by atoms with Crippen molar-refractivity contribution in [2.24, 2.45) is 5.10 Å². The largest absolute Gasteiger partial charge is 0.347 e. The first kappa shape index (κ1) is 17.0. The van der Waals surface area contributed by atoms with Gasteiger partial charge in [0, 0.05) is 41.6 Å². The number of hydrazone groups is 1. The molecule has 0 saturated heterocycles. The van der Waals surface area contributed by atoms with Crippen LogP contribution in [0, 0.1) is 6.92 Å². The zero-order valence-corrected chi connectivity index (χ0v) is 15.1. The van der Waals surface area contributed by atoms with Crippen molar-refractivity contribution in [1.82, 2.24) is 15.0 Å². The molecule has 0 bridgehead atoms. The number of carbonyl (C=O) groups is 1. The lowest BCUT2D eigenvalue weighted by Gasteiger charge is -2.04. The quantitative estimate of drug-likeness (QED) is 0.433. The third-order valence-corrected chi connectivity index (χ3v) is 4.60. The molecule has 5 nitrogen and oxygen atoms in total. The number of benzene rings is 2. The molecule has 0 fully saturated rings. The molecule has 0 unspecified atom stereocenters. The van der Waals surface area contributed by atoms with Crippen LogP contribution in [0.4, 0.5) is 0 Å². The standard InChI is InChI=1S/C22H20N4O/c1-16-15-26(21-7-3-2-6-19(16)21)12-10-22(27)25-24-14-17-8-9-20-18(13-17)5-4-11-23-20/h2-9,11,13-15H,10,12H2,1H3,(H,25,27)/b24-14+. The summed E-state index contributed by atoms with van der Waals surface area (Å²) in [5.74, 6) is -0.107. The van der Waals surface area contributed by atoms with Crippen LogP contribution >= 0.6 is 0 Å². The summed E-state index contributed by atoms with van der Waals surface area (Å²) in [7, 11) is 0. The number of nitrogens with one attached hydrogen (secondary N) is 1. The van der Waals surface area contributed by atoms with E-state index in [1.54, 1.807) is 12.4 Å². The van der Waals surface area contributed by atoms with Gasteiger partial charge in [-0.15, -0.1) is 0 Å². The first-order chi connectivity index (χ1) is 13.2. The van der Waals surface area contributed by atoms with Crippen LogP contribution in [0.1, 0.15) is 17.5 Å². The Hall–Kier alpha value is -3.47. The SMILES string of the molecule is Cc1cn(CCC(=O)N/N=C/c2ccc3ncccc3c2)c2ccccc12. The first-order valence-corrected chi connectivity index (χ1v) is 8.92. The lowest BCUT2D eigenvalue weighted by molar-refractivity contribution is -0.121. The minimum absolute atomic E-state index is 0.107. The van der Waals surface area contributed by atoms with Crippen molar-refractivity contribution in [3.8, 4) is 0 Å². The third-order valence-electron chi connectivity index (χ3n) is 4.60. The molecule has 0 aliphatic heterocycles. The van der Waals surface area contributed by atoms with Gasteiger partial charge in [-0.25, -0.2) is 5.43 Å². The fourth-order valence-electron chi connectivity index (χ4n) is 3.25. The molecule has 2 heterocycles. The number of hydrogen-bond acceptors (Lipinski definition) is 3. The average Bonchev–Trinajstić information content (AvgIpc) is 3.02. The topological polar surface area (TPSA) is 59.3 Å². The van der Waals surface area contributed by atoms with E-state index in [9.17, 15) is 4.79 Å². The third kappa shape index (κ3) is 3.72. The highest BCUT2D eigenvalue weighted by Crippen LogP contribution is 2.20. The molecule has 27 heavy (non-hydrogen) atoms. The number of carbonyl (C=O) groups excluding carboxylic acids is 1. The molecule has 0 radical (unpaired) electrons. The summed E-state index contributed by atoms with van der Waals surface area (Å²) < 4.78 is 2.12. The normalized spacial score (nSPS) is 11.4. The van der Waals surface area contributed by atoms with Crippen LogP contribution in [-0.2, 0) is 11.3 Å². The minimum atomic E-state index is -0.107. The Morgan fingerprint density at radius 3 is 3.00 bits per heavy atom. The van der Waals surface area contributed by atoms with Gasteiger partial charge in [-0.3, -0.25) is 9.78 Å². The zero-order valence-electron chi connectivity index (χ0n) is 15.1. The van der Waals surface area contributed by atoms with Crippen LogP contribution in [0.2, 0.25) is 0 Å². The van der Waals surface area contributed by atoms with Gasteiger partial charge in [0.2, 0.25) is 5.91 Å². The first-order valence-electron chi connectivity index (χ1n) is 8.92. The van der Waals surface area contributed by atoms with E-state index in [0.717, 1.165) is 22.0 Å². The van der Waals surface area contributed by atoms with E-state index < -0.39 is 0 Å². The number of nitrogens with zero attached hydrogens (tertiary/aromatic N) is 3. The smallest absolute Gasteiger partial charge is 0.241 e. The van der Waals surface area contributed by atoms with Crippen molar-refractivity contribution in [3.63, 3.8) is 0 Å². The van der Waals surface area contributed by atoms with Crippen molar-refractivity contribution < 1.29 is 4.79 Å². The van der Waals surface area contributed by atoms with Gasteiger partial charge in [-0.05, 0) is 42.3 Å². The number of aryl methyl sites for hydroxylation is 2. The second-order valence-electron chi connectivity index (χ2n) is 6.52. The Morgan fingerprint density at radius 1 is 1.19 bits per heavy atom. The molecule has 4 rings (SSSR count). The molecule has 0 saturated carbocycles. The van der Waals surface area contributed by atoms with Crippen LogP contribution in [0.25, 0.3) is 21.8 Å². The molecule has 2 aromatic carbocycles. The predicted octanol–water partition coefficient (Wildman–Crippen LogP) is 4.04. The second-order valence-corrected chi connectivity index (χ2v) is 6.52. The summed E-state index contributed by atoms with van der Waals surface area (Å²) in [5.41, 5.74) is 6.83. The van der Waals surface area contributed by atoms with Gasteiger partial charge in [0.15, 0.2) is 0 Å². The predicted molar refractivity (Wildman–Crippen MR) is 109 cm³/mol. The number of fused-ring (bicyclic) bond motifs is 2. The zero-order chi connectivity index (χ0) is 18.6. The van der Waals surface area contributed by atoms with Gasteiger partial charge < -0.3 is 4.57 Å². The summed E-state index contributed by atoms with van der Waals surface area (Å²) in [4.78, 5) is 16.4. The average molecular weight is 356 g/mol. The van der Waals surface area contributed by atoms with Gasteiger partial charge in [0.25, 0.3) is 0 Å². The van der Waals surface area contributed by atoms with E-state index in [2.05, 4.69) is 45.3 Å². The van der Waals surface area contributed by atoms with Gasteiger partial charge in [0.1, 0.15) is 0 Å². The number of rotatable bonds is 5. The maximum atomic E-state index is 12.1. The molecule has 134 valence electrons. The van der Waals surface area contributed by atoms with E-state index in [-0.39, 0.29) is 5.91 Å². The maximum Gasteiger partial charge on any atom is 0.241 e. The lowest BCUT2D eigenvalue weighted by atomic mass is 10.1. The Balaban J connectivity index is 1.36. The molecule has 1 N–H and O–H groups in total. The summed E-state index contributed by atoms with van der Waals surface area (Å²) in [6.07, 6.45) is 5.88. The Bertz CT molecular complexity index is 1140. The van der Waals surface area contributed by atoms with E-state index in [1.807, 2.05) is 42.5 Å². The second kappa shape index (κ2) is 7.41. The van der Waals surface area contributed by atoms with Crippen molar-refractivity contribution >= 4 is 33.9 Å². The molecule has 0 atom stereocenters. The number of pyridine rings is 1. The lowest BCUT2D eigenvalue weighted by Crippen LogP contribution is -2.19. The monoisotopic (exact) mass is 356 g/mol. The molecule has 0 aliphatic rings. The van der Waals surface area contributed by atoms with Crippen LogP contribution < -0.4 is 5.43 Å². The molecular formula is C22H20N4O. The highest BCUT2D eigenvalue weighted by molar-refractivity contribution is 5.89. The summed E-state index contributed by atoms with van der Waals surface area (Å²) >= 11 is 0. The van der Waals surface area contributed by atoms with Crippen molar-refractivity contribution in [1.29, 1.82) is 0 Å². The van der Waals surface area contributed by atoms with E-state index in [4.69, 9.17) is 0 Å². The fourth-order valence-corrected chi connectivity index (χ4v) is 3.25. The number of hydrogen-bond donors (Lipinski definition) is 1. The minimum Gasteiger partial charge on any atom is -0.347 e. The summed E-state index contributed by atoms with van der Waals surface area (Å²) in [6.45, 7) is 2.71. The van der Waals surface area contributed by atoms with Crippen LogP contribution in [0.5, 0.6) is 0 Å². The van der Waals surface area contributed by atoms with Gasteiger partial charge in [-0.1, -0.05) is 30.3 Å². The Labute approximate surface area is 157 Å².